The summed E-state index contributed by atoms with van der Waals surface area (Å²) in [7, 11) is -3.09. The summed E-state index contributed by atoms with van der Waals surface area (Å²) in [6, 6.07) is 8.08. The van der Waals surface area contributed by atoms with E-state index in [2.05, 4.69) is 15.8 Å². The summed E-state index contributed by atoms with van der Waals surface area (Å²) in [4.78, 5) is 4.54. The van der Waals surface area contributed by atoms with Crippen LogP contribution in [0.3, 0.4) is 0 Å². The predicted octanol–water partition coefficient (Wildman–Crippen LogP) is 2.20. The van der Waals surface area contributed by atoms with Gasteiger partial charge in [-0.1, -0.05) is 41.7 Å². The van der Waals surface area contributed by atoms with E-state index in [0.717, 1.165) is 15.8 Å². The Hall–Kier alpha value is -0.500. The summed E-state index contributed by atoms with van der Waals surface area (Å²) in [6.45, 7) is 0.435. The number of fused-ring (bicyclic) bond motifs is 1. The lowest BCUT2D eigenvalue weighted by molar-refractivity contribution is 0.590. The van der Waals surface area contributed by atoms with E-state index in [1.165, 1.54) is 11.8 Å². The molecule has 1 aliphatic heterocycles. The van der Waals surface area contributed by atoms with E-state index in [1.807, 2.05) is 18.2 Å². The molecule has 0 fully saturated rings. The van der Waals surface area contributed by atoms with Crippen molar-refractivity contribution in [3.8, 4) is 0 Å². The van der Waals surface area contributed by atoms with Gasteiger partial charge in [0.1, 0.15) is 4.38 Å². The fourth-order valence-electron chi connectivity index (χ4n) is 1.45. The Labute approximate surface area is 116 Å². The standard InChI is InChI=1S/C11H14N2O2S3/c1-18(14,15)12-6-7-16-11-13-10-5-3-2-4-9(10)8-17-11/h2-5,12H,6-8H2,1H3. The third-order valence-electron chi connectivity index (χ3n) is 2.25. The molecule has 18 heavy (non-hydrogen) atoms. The summed E-state index contributed by atoms with van der Waals surface area (Å²) in [6.07, 6.45) is 1.17. The number of hydrogen-bond acceptors (Lipinski definition) is 5. The number of benzene rings is 1. The lowest BCUT2D eigenvalue weighted by Crippen LogP contribution is -2.24. The van der Waals surface area contributed by atoms with E-state index in [9.17, 15) is 8.42 Å². The largest absolute Gasteiger partial charge is 0.235 e. The van der Waals surface area contributed by atoms with Crippen LogP contribution in [0.25, 0.3) is 0 Å². The lowest BCUT2D eigenvalue weighted by atomic mass is 10.2. The molecule has 1 N–H and O–H groups in total. The molecule has 0 unspecified atom stereocenters. The van der Waals surface area contributed by atoms with Crippen molar-refractivity contribution in [3.05, 3.63) is 29.8 Å². The molecule has 4 nitrogen and oxygen atoms in total. The summed E-state index contributed by atoms with van der Waals surface area (Å²) in [5.41, 5.74) is 2.27. The van der Waals surface area contributed by atoms with E-state index >= 15 is 0 Å². The quantitative estimate of drug-likeness (QED) is 0.866. The molecule has 0 bridgehead atoms. The van der Waals surface area contributed by atoms with Crippen molar-refractivity contribution in [1.29, 1.82) is 0 Å². The smallest absolute Gasteiger partial charge is 0.208 e. The maximum atomic E-state index is 10.9. The van der Waals surface area contributed by atoms with Gasteiger partial charge in [0.2, 0.25) is 10.0 Å². The minimum atomic E-state index is -3.09. The minimum absolute atomic E-state index is 0.435. The zero-order valence-corrected chi connectivity index (χ0v) is 12.4. The molecular formula is C11H14N2O2S3. The fourth-order valence-corrected chi connectivity index (χ4v) is 4.04. The summed E-state index contributed by atoms with van der Waals surface area (Å²) in [5, 5.41) is 0. The van der Waals surface area contributed by atoms with Crippen molar-refractivity contribution in [2.75, 3.05) is 18.6 Å². The molecule has 0 aliphatic carbocycles. The van der Waals surface area contributed by atoms with E-state index in [0.29, 0.717) is 12.3 Å². The number of sulfonamides is 1. The maximum Gasteiger partial charge on any atom is 0.208 e. The van der Waals surface area contributed by atoms with Gasteiger partial charge in [0.05, 0.1) is 11.9 Å². The van der Waals surface area contributed by atoms with Crippen molar-refractivity contribution in [1.82, 2.24) is 4.72 Å². The molecule has 1 heterocycles. The van der Waals surface area contributed by atoms with Crippen LogP contribution in [0, 0.1) is 0 Å². The number of hydrogen-bond donors (Lipinski definition) is 1. The van der Waals surface area contributed by atoms with Gasteiger partial charge in [-0.25, -0.2) is 18.1 Å². The molecular weight excluding hydrogens is 288 g/mol. The summed E-state index contributed by atoms with van der Waals surface area (Å²) < 4.78 is 25.3. The number of rotatable bonds is 4. The van der Waals surface area contributed by atoms with Gasteiger partial charge in [0.15, 0.2) is 0 Å². The Morgan fingerprint density at radius 1 is 1.44 bits per heavy atom. The first-order valence-corrected chi connectivity index (χ1v) is 9.28. The molecule has 0 amide bonds. The Balaban J connectivity index is 1.87. The van der Waals surface area contributed by atoms with Crippen LogP contribution >= 0.6 is 23.5 Å². The summed E-state index contributed by atoms with van der Waals surface area (Å²) in [5.74, 6) is 1.63. The third kappa shape index (κ3) is 4.31. The van der Waals surface area contributed by atoms with Crippen molar-refractivity contribution >= 4 is 43.6 Å². The molecule has 0 saturated heterocycles. The van der Waals surface area contributed by atoms with Gasteiger partial charge in [-0.05, 0) is 11.6 Å². The molecule has 7 heteroatoms. The van der Waals surface area contributed by atoms with E-state index in [-0.39, 0.29) is 0 Å². The first-order valence-electron chi connectivity index (χ1n) is 5.41. The summed E-state index contributed by atoms with van der Waals surface area (Å²) >= 11 is 3.29. The zero-order valence-electron chi connectivity index (χ0n) is 9.92. The Bertz CT molecular complexity index is 555. The normalized spacial score (nSPS) is 15.1. The molecule has 0 saturated carbocycles. The number of nitrogens with one attached hydrogen (secondary N) is 1. The van der Waals surface area contributed by atoms with Gasteiger partial charge in [-0.15, -0.1) is 0 Å². The minimum Gasteiger partial charge on any atom is -0.235 e. The van der Waals surface area contributed by atoms with Gasteiger partial charge in [-0.2, -0.15) is 0 Å². The Morgan fingerprint density at radius 3 is 3.00 bits per heavy atom. The highest BCUT2D eigenvalue weighted by Gasteiger charge is 2.12. The van der Waals surface area contributed by atoms with Gasteiger partial charge >= 0.3 is 0 Å². The van der Waals surface area contributed by atoms with E-state index < -0.39 is 10.0 Å². The number of thioether (sulfide) groups is 2. The maximum absolute atomic E-state index is 10.9. The molecule has 0 radical (unpaired) electrons. The van der Waals surface area contributed by atoms with Crippen LogP contribution in [0.15, 0.2) is 29.3 Å². The molecule has 0 atom stereocenters. The van der Waals surface area contributed by atoms with Crippen LogP contribution in [0.4, 0.5) is 5.69 Å². The van der Waals surface area contributed by atoms with Gasteiger partial charge in [-0.3, -0.25) is 0 Å². The second kappa shape index (κ2) is 6.10. The predicted molar refractivity (Wildman–Crippen MR) is 80.1 cm³/mol. The molecule has 98 valence electrons. The number of nitrogens with zero attached hydrogens (tertiary/aromatic N) is 1. The third-order valence-corrected chi connectivity index (χ3v) is 5.22. The average Bonchev–Trinajstić information content (AvgIpc) is 2.33. The zero-order chi connectivity index (χ0) is 13.0. The van der Waals surface area contributed by atoms with Crippen LogP contribution in [0.1, 0.15) is 5.56 Å². The van der Waals surface area contributed by atoms with Crippen LogP contribution in [0.5, 0.6) is 0 Å². The van der Waals surface area contributed by atoms with Crippen molar-refractivity contribution < 1.29 is 8.42 Å². The second-order valence-electron chi connectivity index (χ2n) is 3.81. The first-order chi connectivity index (χ1) is 8.54. The van der Waals surface area contributed by atoms with Crippen LogP contribution in [0.2, 0.25) is 0 Å². The van der Waals surface area contributed by atoms with E-state index in [1.54, 1.807) is 23.5 Å². The SMILES string of the molecule is CS(=O)(=O)NCCSC1=Nc2ccccc2CS1. The van der Waals surface area contributed by atoms with E-state index in [4.69, 9.17) is 0 Å². The number of para-hydroxylation sites is 1. The molecule has 0 aromatic heterocycles. The van der Waals surface area contributed by atoms with Crippen molar-refractivity contribution in [2.24, 2.45) is 4.99 Å². The van der Waals surface area contributed by atoms with Gasteiger partial charge < -0.3 is 0 Å². The molecule has 0 spiro atoms. The highest BCUT2D eigenvalue weighted by Crippen LogP contribution is 2.34. The molecule has 2 rings (SSSR count). The first kappa shape index (κ1) is 13.9. The molecule has 1 aliphatic rings. The van der Waals surface area contributed by atoms with Gasteiger partial charge in [0, 0.05) is 18.1 Å². The highest BCUT2D eigenvalue weighted by atomic mass is 32.2. The number of aliphatic imine (C=N–C) groups is 1. The van der Waals surface area contributed by atoms with Crippen molar-refractivity contribution in [2.45, 2.75) is 5.75 Å². The monoisotopic (exact) mass is 302 g/mol. The topological polar surface area (TPSA) is 58.5 Å². The average molecular weight is 302 g/mol. The molecule has 1 aromatic rings. The Kier molecular flexibility index (Phi) is 4.71. The Morgan fingerprint density at radius 2 is 2.22 bits per heavy atom. The highest BCUT2D eigenvalue weighted by molar-refractivity contribution is 8.38. The van der Waals surface area contributed by atoms with Crippen LogP contribution in [-0.2, 0) is 15.8 Å². The van der Waals surface area contributed by atoms with Gasteiger partial charge in [0.25, 0.3) is 0 Å². The van der Waals surface area contributed by atoms with Crippen LogP contribution < -0.4 is 4.72 Å². The second-order valence-corrected chi connectivity index (χ2v) is 7.95. The van der Waals surface area contributed by atoms with Crippen LogP contribution in [-0.4, -0.2) is 31.3 Å². The van der Waals surface area contributed by atoms with Crippen molar-refractivity contribution in [3.63, 3.8) is 0 Å². The lowest BCUT2D eigenvalue weighted by Gasteiger charge is -2.14. The fraction of sp³-hybridized carbons (Fsp3) is 0.364. The molecule has 1 aromatic carbocycles.